The Morgan fingerprint density at radius 3 is 2.89 bits per heavy atom. The van der Waals surface area contributed by atoms with E-state index in [1.54, 1.807) is 11.3 Å². The number of nitrogen functional groups attached to an aromatic ring is 1. The summed E-state index contributed by atoms with van der Waals surface area (Å²) in [5.74, 6) is 0. The number of rotatable bonds is 4. The molecule has 0 radical (unpaired) electrons. The fourth-order valence-electron chi connectivity index (χ4n) is 3.06. The molecule has 1 saturated carbocycles. The highest BCUT2D eigenvalue weighted by molar-refractivity contribution is 7.22. The lowest BCUT2D eigenvalue weighted by molar-refractivity contribution is 0.307. The van der Waals surface area contributed by atoms with Crippen LogP contribution < -0.4 is 11.1 Å². The Morgan fingerprint density at radius 2 is 2.16 bits per heavy atom. The average molecular weight is 275 g/mol. The van der Waals surface area contributed by atoms with Crippen molar-refractivity contribution in [2.24, 2.45) is 5.41 Å². The van der Waals surface area contributed by atoms with Crippen molar-refractivity contribution in [2.75, 3.05) is 17.6 Å². The zero-order chi connectivity index (χ0) is 13.3. The van der Waals surface area contributed by atoms with E-state index in [0.29, 0.717) is 5.41 Å². The van der Waals surface area contributed by atoms with E-state index in [9.17, 15) is 0 Å². The van der Waals surface area contributed by atoms with Crippen molar-refractivity contribution in [2.45, 2.75) is 39.0 Å². The van der Waals surface area contributed by atoms with Crippen LogP contribution in [0.5, 0.6) is 0 Å². The molecule has 1 aromatic carbocycles. The second-order valence-corrected chi connectivity index (χ2v) is 6.69. The van der Waals surface area contributed by atoms with Gasteiger partial charge in [-0.15, -0.1) is 0 Å². The highest BCUT2D eigenvalue weighted by atomic mass is 32.1. The predicted molar refractivity (Wildman–Crippen MR) is 83.7 cm³/mol. The summed E-state index contributed by atoms with van der Waals surface area (Å²) in [7, 11) is 0. The molecule has 0 spiro atoms. The van der Waals surface area contributed by atoms with Gasteiger partial charge < -0.3 is 11.1 Å². The van der Waals surface area contributed by atoms with Crippen LogP contribution in [-0.2, 0) is 0 Å². The lowest BCUT2D eigenvalue weighted by Crippen LogP contribution is -2.25. The number of thiazole rings is 1. The Morgan fingerprint density at radius 1 is 1.37 bits per heavy atom. The number of nitrogens with two attached hydrogens (primary N) is 1. The van der Waals surface area contributed by atoms with Crippen LogP contribution in [0.4, 0.5) is 10.8 Å². The first-order valence-electron chi connectivity index (χ1n) is 7.11. The third-order valence-corrected chi connectivity index (χ3v) is 5.42. The average Bonchev–Trinajstić information content (AvgIpc) is 3.02. The molecule has 3 rings (SSSR count). The number of nitrogens with one attached hydrogen (secondary N) is 1. The van der Waals surface area contributed by atoms with Crippen LogP contribution in [0, 0.1) is 5.41 Å². The van der Waals surface area contributed by atoms with E-state index < -0.39 is 0 Å². The van der Waals surface area contributed by atoms with Crippen LogP contribution in [0.25, 0.3) is 10.2 Å². The normalized spacial score (nSPS) is 17.9. The highest BCUT2D eigenvalue weighted by Crippen LogP contribution is 2.41. The summed E-state index contributed by atoms with van der Waals surface area (Å²) >= 11 is 1.70. The molecule has 1 aliphatic rings. The second kappa shape index (κ2) is 5.00. The van der Waals surface area contributed by atoms with Gasteiger partial charge in [-0.1, -0.05) is 31.1 Å². The van der Waals surface area contributed by atoms with Gasteiger partial charge in [-0.05, 0) is 42.9 Å². The fourth-order valence-corrected chi connectivity index (χ4v) is 3.97. The molecule has 0 unspecified atom stereocenters. The lowest BCUT2D eigenvalue weighted by atomic mass is 9.83. The molecule has 0 aliphatic heterocycles. The molecule has 0 saturated heterocycles. The summed E-state index contributed by atoms with van der Waals surface area (Å²) in [6, 6.07) is 5.91. The molecule has 3 N–H and O–H groups in total. The van der Waals surface area contributed by atoms with E-state index in [1.807, 2.05) is 18.2 Å². The summed E-state index contributed by atoms with van der Waals surface area (Å²) in [4.78, 5) is 4.63. The minimum absolute atomic E-state index is 0.497. The first-order chi connectivity index (χ1) is 9.21. The third kappa shape index (κ3) is 2.54. The van der Waals surface area contributed by atoms with Gasteiger partial charge >= 0.3 is 0 Å². The number of anilines is 2. The first-order valence-corrected chi connectivity index (χ1v) is 7.92. The van der Waals surface area contributed by atoms with Crippen molar-refractivity contribution in [1.82, 2.24) is 4.98 Å². The van der Waals surface area contributed by atoms with Crippen molar-refractivity contribution in [3.05, 3.63) is 18.2 Å². The summed E-state index contributed by atoms with van der Waals surface area (Å²) in [6.07, 6.45) is 6.73. The van der Waals surface area contributed by atoms with Crippen LogP contribution >= 0.6 is 11.3 Å². The second-order valence-electron chi connectivity index (χ2n) is 5.66. The van der Waals surface area contributed by atoms with Crippen molar-refractivity contribution in [3.63, 3.8) is 0 Å². The molecule has 1 heterocycles. The van der Waals surface area contributed by atoms with Crippen LogP contribution in [0.2, 0.25) is 0 Å². The standard InChI is InChI=1S/C15H21N3S/c1-2-15(7-3-4-8-15)10-17-14-18-12-6-5-11(16)9-13(12)19-14/h5-6,9H,2-4,7-8,10,16H2,1H3,(H,17,18). The molecule has 1 fully saturated rings. The van der Waals surface area contributed by atoms with Crippen molar-refractivity contribution < 1.29 is 0 Å². The Hall–Kier alpha value is -1.29. The molecule has 1 aromatic heterocycles. The van der Waals surface area contributed by atoms with Crippen LogP contribution in [0.3, 0.4) is 0 Å². The molecule has 0 atom stereocenters. The largest absolute Gasteiger partial charge is 0.399 e. The molecule has 102 valence electrons. The van der Waals surface area contributed by atoms with E-state index in [1.165, 1.54) is 36.8 Å². The van der Waals surface area contributed by atoms with E-state index in [4.69, 9.17) is 5.73 Å². The van der Waals surface area contributed by atoms with E-state index in [0.717, 1.165) is 22.9 Å². The molecular weight excluding hydrogens is 254 g/mol. The van der Waals surface area contributed by atoms with Crippen LogP contribution in [0.15, 0.2) is 18.2 Å². The van der Waals surface area contributed by atoms with Gasteiger partial charge in [0.25, 0.3) is 0 Å². The molecule has 1 aliphatic carbocycles. The highest BCUT2D eigenvalue weighted by Gasteiger charge is 2.31. The third-order valence-electron chi connectivity index (χ3n) is 4.44. The maximum Gasteiger partial charge on any atom is 0.183 e. The van der Waals surface area contributed by atoms with Crippen molar-refractivity contribution >= 4 is 32.4 Å². The number of fused-ring (bicyclic) bond motifs is 1. The van der Waals surface area contributed by atoms with Gasteiger partial charge in [-0.3, -0.25) is 0 Å². The molecular formula is C15H21N3S. The molecule has 2 aromatic rings. The van der Waals surface area contributed by atoms with E-state index in [-0.39, 0.29) is 0 Å². The SMILES string of the molecule is CCC1(CNc2nc3ccc(N)cc3s2)CCCC1. The summed E-state index contributed by atoms with van der Waals surface area (Å²) in [6.45, 7) is 3.37. The topological polar surface area (TPSA) is 50.9 Å². The molecule has 19 heavy (non-hydrogen) atoms. The number of benzene rings is 1. The van der Waals surface area contributed by atoms with Gasteiger partial charge in [-0.25, -0.2) is 4.98 Å². The van der Waals surface area contributed by atoms with E-state index in [2.05, 4.69) is 17.2 Å². The van der Waals surface area contributed by atoms with Gasteiger partial charge in [-0.2, -0.15) is 0 Å². The maximum atomic E-state index is 5.81. The fraction of sp³-hybridized carbons (Fsp3) is 0.533. The minimum Gasteiger partial charge on any atom is -0.399 e. The van der Waals surface area contributed by atoms with Crippen LogP contribution in [0.1, 0.15) is 39.0 Å². The number of hydrogen-bond donors (Lipinski definition) is 2. The smallest absolute Gasteiger partial charge is 0.183 e. The first kappa shape index (κ1) is 12.7. The Labute approximate surface area is 118 Å². The van der Waals surface area contributed by atoms with Gasteiger partial charge in [0.1, 0.15) is 0 Å². The maximum absolute atomic E-state index is 5.81. The lowest BCUT2D eigenvalue weighted by Gasteiger charge is -2.27. The Bertz CT molecular complexity index is 570. The van der Waals surface area contributed by atoms with Crippen LogP contribution in [-0.4, -0.2) is 11.5 Å². The monoisotopic (exact) mass is 275 g/mol. The van der Waals surface area contributed by atoms with Gasteiger partial charge in [0, 0.05) is 12.2 Å². The van der Waals surface area contributed by atoms with E-state index >= 15 is 0 Å². The van der Waals surface area contributed by atoms with Crippen molar-refractivity contribution in [1.29, 1.82) is 0 Å². The molecule has 0 bridgehead atoms. The molecule has 0 amide bonds. The minimum atomic E-state index is 0.497. The summed E-state index contributed by atoms with van der Waals surface area (Å²) in [5, 5.41) is 4.58. The molecule has 3 nitrogen and oxygen atoms in total. The Kier molecular flexibility index (Phi) is 3.35. The summed E-state index contributed by atoms with van der Waals surface area (Å²) < 4.78 is 1.17. The number of nitrogens with zero attached hydrogens (tertiary/aromatic N) is 1. The number of hydrogen-bond acceptors (Lipinski definition) is 4. The quantitative estimate of drug-likeness (QED) is 0.820. The number of aromatic nitrogens is 1. The Balaban J connectivity index is 1.74. The zero-order valence-electron chi connectivity index (χ0n) is 11.4. The van der Waals surface area contributed by atoms with Gasteiger partial charge in [0.05, 0.1) is 10.2 Å². The van der Waals surface area contributed by atoms with Gasteiger partial charge in [0.2, 0.25) is 0 Å². The zero-order valence-corrected chi connectivity index (χ0v) is 12.2. The van der Waals surface area contributed by atoms with Gasteiger partial charge in [0.15, 0.2) is 5.13 Å². The van der Waals surface area contributed by atoms with Crippen molar-refractivity contribution in [3.8, 4) is 0 Å². The predicted octanol–water partition coefficient (Wildman–Crippen LogP) is 4.26. The summed E-state index contributed by atoms with van der Waals surface area (Å²) in [5.41, 5.74) is 8.15. The molecule has 4 heteroatoms.